The lowest BCUT2D eigenvalue weighted by molar-refractivity contribution is 0.334. The second-order valence-electron chi connectivity index (χ2n) is 4.85. The van der Waals surface area contributed by atoms with Crippen molar-refractivity contribution in [1.29, 1.82) is 0 Å². The maximum atomic E-state index is 3.56. The topological polar surface area (TPSA) is 24.1 Å². The van der Waals surface area contributed by atoms with E-state index in [0.717, 1.165) is 24.9 Å². The van der Waals surface area contributed by atoms with Crippen LogP contribution in [0.15, 0.2) is 0 Å². The fourth-order valence-electron chi connectivity index (χ4n) is 1.33. The van der Waals surface area contributed by atoms with Crippen LogP contribution in [0.25, 0.3) is 0 Å². The second-order valence-corrected chi connectivity index (χ2v) is 6.03. The summed E-state index contributed by atoms with van der Waals surface area (Å²) in [6.45, 7) is 13.5. The van der Waals surface area contributed by atoms with Crippen molar-refractivity contribution in [3.05, 3.63) is 0 Å². The van der Waals surface area contributed by atoms with Crippen molar-refractivity contribution in [2.75, 3.05) is 19.3 Å². The van der Waals surface area contributed by atoms with Crippen LogP contribution in [0.3, 0.4) is 0 Å². The zero-order chi connectivity index (χ0) is 11.8. The highest BCUT2D eigenvalue weighted by atomic mass is 32.2. The van der Waals surface area contributed by atoms with Gasteiger partial charge in [-0.3, -0.25) is 0 Å². The Morgan fingerprint density at radius 2 is 1.47 bits per heavy atom. The first-order chi connectivity index (χ1) is 6.97. The Kier molecular flexibility index (Phi) is 8.58. The summed E-state index contributed by atoms with van der Waals surface area (Å²) in [5.74, 6) is 1.46. The molecule has 2 unspecified atom stereocenters. The molecule has 0 spiro atoms. The van der Waals surface area contributed by atoms with E-state index in [4.69, 9.17) is 0 Å². The molecule has 2 atom stereocenters. The summed E-state index contributed by atoms with van der Waals surface area (Å²) >= 11 is 1.87. The first-order valence-corrected chi connectivity index (χ1v) is 7.25. The molecule has 0 aliphatic carbocycles. The molecular formula is C12H28N2S. The van der Waals surface area contributed by atoms with Gasteiger partial charge >= 0.3 is 0 Å². The molecule has 0 saturated carbocycles. The molecule has 0 saturated heterocycles. The summed E-state index contributed by atoms with van der Waals surface area (Å²) in [5.41, 5.74) is 0. The fraction of sp³-hybridized carbons (Fsp3) is 1.00. The van der Waals surface area contributed by atoms with E-state index in [2.05, 4.69) is 51.5 Å². The average molecular weight is 232 g/mol. The summed E-state index contributed by atoms with van der Waals surface area (Å²) < 4.78 is 0. The highest BCUT2D eigenvalue weighted by Crippen LogP contribution is 2.10. The number of rotatable bonds is 8. The summed E-state index contributed by atoms with van der Waals surface area (Å²) in [6, 6.07) is 0.587. The molecule has 3 heteroatoms. The average Bonchev–Trinajstić information content (AvgIpc) is 2.16. The SMILES string of the molecule is CSC(C)NCC(CNC(C)C)C(C)C. The van der Waals surface area contributed by atoms with Crippen LogP contribution in [-0.2, 0) is 0 Å². The van der Waals surface area contributed by atoms with Crippen LogP contribution in [0.1, 0.15) is 34.6 Å². The molecule has 0 aromatic rings. The van der Waals surface area contributed by atoms with Crippen LogP contribution in [0.5, 0.6) is 0 Å². The zero-order valence-corrected chi connectivity index (χ0v) is 11.9. The first kappa shape index (κ1) is 15.3. The summed E-state index contributed by atoms with van der Waals surface area (Å²) in [4.78, 5) is 0. The zero-order valence-electron chi connectivity index (χ0n) is 11.1. The van der Waals surface area contributed by atoms with Crippen molar-refractivity contribution in [3.8, 4) is 0 Å². The standard InChI is InChI=1S/C12H28N2S/c1-9(2)12(7-13-10(3)4)8-14-11(5)15-6/h9-14H,7-8H2,1-6H3. The minimum Gasteiger partial charge on any atom is -0.314 e. The van der Waals surface area contributed by atoms with E-state index in [1.54, 1.807) is 0 Å². The summed E-state index contributed by atoms with van der Waals surface area (Å²) in [5, 5.41) is 7.64. The Bertz CT molecular complexity index is 149. The van der Waals surface area contributed by atoms with Crippen LogP contribution < -0.4 is 10.6 Å². The van der Waals surface area contributed by atoms with Gasteiger partial charge in [-0.15, -0.1) is 11.8 Å². The van der Waals surface area contributed by atoms with E-state index in [-0.39, 0.29) is 0 Å². The molecule has 0 fully saturated rings. The molecule has 0 amide bonds. The van der Waals surface area contributed by atoms with Gasteiger partial charge in [-0.25, -0.2) is 0 Å². The van der Waals surface area contributed by atoms with Gasteiger partial charge in [-0.1, -0.05) is 27.7 Å². The van der Waals surface area contributed by atoms with Crippen LogP contribution in [0.4, 0.5) is 0 Å². The largest absolute Gasteiger partial charge is 0.314 e. The Morgan fingerprint density at radius 1 is 0.933 bits per heavy atom. The quantitative estimate of drug-likeness (QED) is 0.629. The minimum atomic E-state index is 0.560. The van der Waals surface area contributed by atoms with Crippen LogP contribution >= 0.6 is 11.8 Å². The molecule has 0 radical (unpaired) electrons. The first-order valence-electron chi connectivity index (χ1n) is 5.96. The third-order valence-electron chi connectivity index (χ3n) is 2.75. The fourth-order valence-corrected chi connectivity index (χ4v) is 1.59. The predicted molar refractivity (Wildman–Crippen MR) is 72.4 cm³/mol. The maximum absolute atomic E-state index is 3.56. The van der Waals surface area contributed by atoms with Crippen molar-refractivity contribution in [1.82, 2.24) is 10.6 Å². The molecule has 0 aromatic carbocycles. The van der Waals surface area contributed by atoms with Crippen molar-refractivity contribution in [2.24, 2.45) is 11.8 Å². The monoisotopic (exact) mass is 232 g/mol. The van der Waals surface area contributed by atoms with Crippen LogP contribution in [0, 0.1) is 11.8 Å². The lowest BCUT2D eigenvalue weighted by Gasteiger charge is -2.24. The van der Waals surface area contributed by atoms with Gasteiger partial charge in [0.2, 0.25) is 0 Å². The molecule has 2 N–H and O–H groups in total. The number of hydrogen-bond acceptors (Lipinski definition) is 3. The Labute approximate surface area is 100.0 Å². The molecule has 0 heterocycles. The minimum absolute atomic E-state index is 0.560. The van der Waals surface area contributed by atoms with Crippen LogP contribution in [0.2, 0.25) is 0 Å². The molecule has 15 heavy (non-hydrogen) atoms. The van der Waals surface area contributed by atoms with E-state index in [1.807, 2.05) is 11.8 Å². The van der Waals surface area contributed by atoms with Gasteiger partial charge in [0.25, 0.3) is 0 Å². The van der Waals surface area contributed by atoms with E-state index in [9.17, 15) is 0 Å². The molecule has 0 aliphatic rings. The molecule has 92 valence electrons. The number of thioether (sulfide) groups is 1. The van der Waals surface area contributed by atoms with Gasteiger partial charge in [-0.2, -0.15) is 0 Å². The Balaban J connectivity index is 3.83. The highest BCUT2D eigenvalue weighted by molar-refractivity contribution is 7.99. The van der Waals surface area contributed by atoms with E-state index in [0.29, 0.717) is 11.4 Å². The smallest absolute Gasteiger partial charge is 0.0500 e. The molecule has 0 aliphatic heterocycles. The number of hydrogen-bond donors (Lipinski definition) is 2. The predicted octanol–water partition coefficient (Wildman–Crippen LogP) is 2.56. The van der Waals surface area contributed by atoms with Gasteiger partial charge in [0.15, 0.2) is 0 Å². The van der Waals surface area contributed by atoms with Gasteiger partial charge in [0.1, 0.15) is 0 Å². The molecule has 0 rings (SSSR count). The Hall–Kier alpha value is 0.270. The van der Waals surface area contributed by atoms with Crippen molar-refractivity contribution in [2.45, 2.75) is 46.0 Å². The van der Waals surface area contributed by atoms with Crippen LogP contribution in [-0.4, -0.2) is 30.8 Å². The molecular weight excluding hydrogens is 204 g/mol. The van der Waals surface area contributed by atoms with Gasteiger partial charge in [0.05, 0.1) is 5.37 Å². The van der Waals surface area contributed by atoms with Crippen molar-refractivity contribution < 1.29 is 0 Å². The summed E-state index contributed by atoms with van der Waals surface area (Å²) in [6.07, 6.45) is 2.15. The van der Waals surface area contributed by atoms with E-state index in [1.165, 1.54) is 0 Å². The normalized spacial score (nSPS) is 16.0. The third kappa shape index (κ3) is 8.12. The number of nitrogens with one attached hydrogen (secondary N) is 2. The molecule has 2 nitrogen and oxygen atoms in total. The lowest BCUT2D eigenvalue weighted by atomic mass is 9.95. The second kappa shape index (κ2) is 8.43. The van der Waals surface area contributed by atoms with Gasteiger partial charge < -0.3 is 10.6 Å². The Morgan fingerprint density at radius 3 is 1.87 bits per heavy atom. The highest BCUT2D eigenvalue weighted by Gasteiger charge is 2.14. The lowest BCUT2D eigenvalue weighted by Crippen LogP contribution is -2.38. The van der Waals surface area contributed by atoms with Crippen molar-refractivity contribution >= 4 is 11.8 Å². The van der Waals surface area contributed by atoms with E-state index >= 15 is 0 Å². The maximum Gasteiger partial charge on any atom is 0.0500 e. The molecule has 0 aromatic heterocycles. The van der Waals surface area contributed by atoms with Crippen molar-refractivity contribution in [3.63, 3.8) is 0 Å². The third-order valence-corrected chi connectivity index (χ3v) is 3.63. The van der Waals surface area contributed by atoms with E-state index < -0.39 is 0 Å². The summed E-state index contributed by atoms with van der Waals surface area (Å²) in [7, 11) is 0. The van der Waals surface area contributed by atoms with Gasteiger partial charge in [-0.05, 0) is 31.6 Å². The van der Waals surface area contributed by atoms with Gasteiger partial charge in [0, 0.05) is 12.6 Å². The molecule has 0 bridgehead atoms.